The summed E-state index contributed by atoms with van der Waals surface area (Å²) < 4.78 is 35.2. The summed E-state index contributed by atoms with van der Waals surface area (Å²) in [5, 5.41) is 0. The Bertz CT molecular complexity index is 417. The molecule has 84 valence electrons. The van der Waals surface area contributed by atoms with Crippen LogP contribution in [0.2, 0.25) is 0 Å². The maximum atomic E-state index is 11.9. The van der Waals surface area contributed by atoms with Crippen LogP contribution in [-0.4, -0.2) is 20.8 Å². The van der Waals surface area contributed by atoms with Crippen LogP contribution in [0.3, 0.4) is 0 Å². The van der Waals surface area contributed by atoms with E-state index < -0.39 is 16.5 Å². The number of benzene rings is 1. The van der Waals surface area contributed by atoms with Gasteiger partial charge >= 0.3 is 0 Å². The van der Waals surface area contributed by atoms with Gasteiger partial charge in [-0.1, -0.05) is 12.1 Å². The van der Waals surface area contributed by atoms with Gasteiger partial charge in [0.2, 0.25) is 0 Å². The first-order valence-electron chi connectivity index (χ1n) is 4.68. The summed E-state index contributed by atoms with van der Waals surface area (Å²) in [5.41, 5.74) is 6.17. The Balaban J connectivity index is 2.94. The summed E-state index contributed by atoms with van der Waals surface area (Å²) in [6.07, 6.45) is 0.0369. The minimum atomic E-state index is -3.35. The van der Waals surface area contributed by atoms with Crippen molar-refractivity contribution in [3.8, 4) is 0 Å². The van der Waals surface area contributed by atoms with Crippen molar-refractivity contribution in [3.05, 3.63) is 29.8 Å². The van der Waals surface area contributed by atoms with E-state index >= 15 is 0 Å². The fraction of sp³-hybridized carbons (Fsp3) is 0.400. The molecule has 0 saturated carbocycles. The second-order valence-corrected chi connectivity index (χ2v) is 5.32. The number of hydrogen-bond donors (Lipinski definition) is 1. The molecule has 0 spiro atoms. The van der Waals surface area contributed by atoms with E-state index in [1.807, 2.05) is 0 Å². The van der Waals surface area contributed by atoms with E-state index in [1.54, 1.807) is 12.1 Å². The van der Waals surface area contributed by atoms with Crippen molar-refractivity contribution in [2.45, 2.75) is 17.9 Å². The van der Waals surface area contributed by atoms with Crippen molar-refractivity contribution in [1.82, 2.24) is 0 Å². The minimum Gasteiger partial charge on any atom is -0.326 e. The smallest absolute Gasteiger partial charge is 0.178 e. The van der Waals surface area contributed by atoms with E-state index in [4.69, 9.17) is 5.73 Å². The normalized spacial score (nSPS) is 11.6. The van der Waals surface area contributed by atoms with Crippen LogP contribution in [0.1, 0.15) is 12.0 Å². The summed E-state index contributed by atoms with van der Waals surface area (Å²) in [5.74, 6) is -0.155. The van der Waals surface area contributed by atoms with Crippen LogP contribution in [-0.2, 0) is 16.4 Å². The van der Waals surface area contributed by atoms with Gasteiger partial charge in [0.15, 0.2) is 9.84 Å². The van der Waals surface area contributed by atoms with Crippen molar-refractivity contribution in [1.29, 1.82) is 0 Å². The zero-order valence-electron chi connectivity index (χ0n) is 8.32. The molecule has 0 bridgehead atoms. The van der Waals surface area contributed by atoms with Gasteiger partial charge in [-0.25, -0.2) is 8.42 Å². The second-order valence-electron chi connectivity index (χ2n) is 3.21. The third kappa shape index (κ3) is 3.28. The molecule has 1 aromatic rings. The molecule has 2 N–H and O–H groups in total. The molecule has 0 heterocycles. The van der Waals surface area contributed by atoms with E-state index in [0.29, 0.717) is 6.54 Å². The zero-order valence-corrected chi connectivity index (χ0v) is 9.13. The van der Waals surface area contributed by atoms with Gasteiger partial charge in [-0.15, -0.1) is 0 Å². The van der Waals surface area contributed by atoms with Gasteiger partial charge in [0.25, 0.3) is 0 Å². The maximum Gasteiger partial charge on any atom is 0.178 e. The van der Waals surface area contributed by atoms with E-state index in [0.717, 1.165) is 5.56 Å². The minimum absolute atomic E-state index is 0.0369. The molecule has 1 aromatic carbocycles. The summed E-state index contributed by atoms with van der Waals surface area (Å²) >= 11 is 0. The highest BCUT2D eigenvalue weighted by molar-refractivity contribution is 7.91. The highest BCUT2D eigenvalue weighted by Gasteiger charge is 2.13. The van der Waals surface area contributed by atoms with Gasteiger partial charge in [0.05, 0.1) is 17.3 Å². The lowest BCUT2D eigenvalue weighted by Gasteiger charge is -2.04. The van der Waals surface area contributed by atoms with Crippen LogP contribution in [0, 0.1) is 0 Å². The largest absolute Gasteiger partial charge is 0.326 e. The topological polar surface area (TPSA) is 60.2 Å². The zero-order chi connectivity index (χ0) is 11.3. The van der Waals surface area contributed by atoms with Crippen molar-refractivity contribution in [2.24, 2.45) is 5.73 Å². The molecule has 1 rings (SSSR count). The molecular weight excluding hydrogens is 217 g/mol. The molecule has 0 aromatic heterocycles. The highest BCUT2D eigenvalue weighted by atomic mass is 32.2. The van der Waals surface area contributed by atoms with Crippen LogP contribution >= 0.6 is 0 Å². The van der Waals surface area contributed by atoms with Crippen LogP contribution in [0.4, 0.5) is 4.39 Å². The Morgan fingerprint density at radius 1 is 1.33 bits per heavy atom. The van der Waals surface area contributed by atoms with E-state index in [2.05, 4.69) is 0 Å². The Hall–Kier alpha value is -0.940. The fourth-order valence-corrected chi connectivity index (χ4v) is 2.57. The first-order chi connectivity index (χ1) is 7.10. The van der Waals surface area contributed by atoms with Crippen molar-refractivity contribution in [3.63, 3.8) is 0 Å². The van der Waals surface area contributed by atoms with Gasteiger partial charge in [-0.2, -0.15) is 0 Å². The molecule has 0 fully saturated rings. The third-order valence-electron chi connectivity index (χ3n) is 2.04. The molecule has 5 heteroatoms. The number of rotatable bonds is 5. The van der Waals surface area contributed by atoms with E-state index in [1.165, 1.54) is 12.1 Å². The number of hydrogen-bond acceptors (Lipinski definition) is 3. The van der Waals surface area contributed by atoms with Gasteiger partial charge in [0, 0.05) is 6.54 Å². The summed E-state index contributed by atoms with van der Waals surface area (Å²) in [6, 6.07) is 6.44. The van der Waals surface area contributed by atoms with Crippen molar-refractivity contribution in [2.75, 3.05) is 12.4 Å². The average molecular weight is 231 g/mol. The average Bonchev–Trinajstić information content (AvgIpc) is 2.26. The van der Waals surface area contributed by atoms with Gasteiger partial charge in [-0.05, 0) is 24.1 Å². The van der Waals surface area contributed by atoms with Crippen LogP contribution < -0.4 is 5.73 Å². The number of sulfone groups is 1. The predicted octanol–water partition coefficient (Wildman–Crippen LogP) is 1.28. The first-order valence-corrected chi connectivity index (χ1v) is 6.33. The quantitative estimate of drug-likeness (QED) is 0.830. The summed E-state index contributed by atoms with van der Waals surface area (Å²) in [6.45, 7) is -0.317. The second kappa shape index (κ2) is 5.23. The van der Waals surface area contributed by atoms with Crippen LogP contribution in [0.5, 0.6) is 0 Å². The SMILES string of the molecule is NCc1cccc(S(=O)(=O)CCCF)c1. The Kier molecular flexibility index (Phi) is 4.23. The number of alkyl halides is 1. The van der Waals surface area contributed by atoms with Crippen molar-refractivity contribution >= 4 is 9.84 Å². The molecular formula is C10H14FNO2S. The molecule has 0 aliphatic heterocycles. The van der Waals surface area contributed by atoms with Crippen LogP contribution in [0.25, 0.3) is 0 Å². The molecule has 0 aliphatic rings. The lowest BCUT2D eigenvalue weighted by Crippen LogP contribution is -2.08. The lowest BCUT2D eigenvalue weighted by molar-refractivity contribution is 0.484. The molecule has 0 unspecified atom stereocenters. The number of halogens is 1. The van der Waals surface area contributed by atoms with Gasteiger partial charge < -0.3 is 5.73 Å². The molecule has 0 radical (unpaired) electrons. The Labute approximate surface area is 89.0 Å². The van der Waals surface area contributed by atoms with Gasteiger partial charge in [-0.3, -0.25) is 4.39 Å². The lowest BCUT2D eigenvalue weighted by atomic mass is 10.2. The molecule has 0 saturated heterocycles. The molecule has 3 nitrogen and oxygen atoms in total. The van der Waals surface area contributed by atoms with E-state index in [9.17, 15) is 12.8 Å². The third-order valence-corrected chi connectivity index (χ3v) is 3.84. The highest BCUT2D eigenvalue weighted by Crippen LogP contribution is 2.13. The molecule has 0 amide bonds. The van der Waals surface area contributed by atoms with Crippen LogP contribution in [0.15, 0.2) is 29.2 Å². The Morgan fingerprint density at radius 2 is 2.07 bits per heavy atom. The summed E-state index contributed by atoms with van der Waals surface area (Å²) in [4.78, 5) is 0.221. The predicted molar refractivity (Wildman–Crippen MR) is 57.0 cm³/mol. The molecule has 15 heavy (non-hydrogen) atoms. The summed E-state index contributed by atoms with van der Waals surface area (Å²) in [7, 11) is -3.35. The van der Waals surface area contributed by atoms with Crippen molar-refractivity contribution < 1.29 is 12.8 Å². The fourth-order valence-electron chi connectivity index (χ4n) is 1.23. The standard InChI is InChI=1S/C10H14FNO2S/c11-5-2-6-15(13,14)10-4-1-3-9(7-10)8-12/h1,3-4,7H,2,5-6,8,12H2. The molecule has 0 atom stereocenters. The molecule has 0 aliphatic carbocycles. The monoisotopic (exact) mass is 231 g/mol. The van der Waals surface area contributed by atoms with E-state index in [-0.39, 0.29) is 17.1 Å². The van der Waals surface area contributed by atoms with Gasteiger partial charge in [0.1, 0.15) is 0 Å². The maximum absolute atomic E-state index is 11.9. The first kappa shape index (κ1) is 12.1. The Morgan fingerprint density at radius 3 is 2.67 bits per heavy atom. The number of nitrogens with two attached hydrogens (primary N) is 1.